The van der Waals surface area contributed by atoms with Gasteiger partial charge in [0.15, 0.2) is 0 Å². The summed E-state index contributed by atoms with van der Waals surface area (Å²) in [6, 6.07) is 0. The molecule has 2 heteroatoms. The van der Waals surface area contributed by atoms with E-state index in [0.717, 1.165) is 6.54 Å². The van der Waals surface area contributed by atoms with Crippen LogP contribution in [0, 0.1) is 5.41 Å². The summed E-state index contributed by atoms with van der Waals surface area (Å²) in [5.74, 6) is 0. The fraction of sp³-hybridized carbons (Fsp3) is 1.00. The largest absolute Gasteiger partial charge is 0.396 e. The minimum atomic E-state index is 0.260. The van der Waals surface area contributed by atoms with E-state index in [1.807, 2.05) is 0 Å². The summed E-state index contributed by atoms with van der Waals surface area (Å²) < 4.78 is 0. The molecule has 1 aliphatic carbocycles. The molecule has 0 aromatic heterocycles. The zero-order chi connectivity index (χ0) is 10.6. The van der Waals surface area contributed by atoms with Gasteiger partial charge in [-0.25, -0.2) is 0 Å². The number of piperidine rings is 1. The Morgan fingerprint density at radius 1 is 0.867 bits per heavy atom. The van der Waals surface area contributed by atoms with Gasteiger partial charge >= 0.3 is 0 Å². The van der Waals surface area contributed by atoms with Gasteiger partial charge in [0.05, 0.1) is 0 Å². The SMILES string of the molecule is OCC1(CN2CCCCC2)CCCCC1. The molecule has 15 heavy (non-hydrogen) atoms. The van der Waals surface area contributed by atoms with Crippen molar-refractivity contribution in [2.45, 2.75) is 51.4 Å². The summed E-state index contributed by atoms with van der Waals surface area (Å²) in [6.45, 7) is 4.09. The first-order valence-electron chi connectivity index (χ1n) is 6.68. The van der Waals surface area contributed by atoms with Gasteiger partial charge in [0.2, 0.25) is 0 Å². The lowest BCUT2D eigenvalue weighted by Gasteiger charge is -2.41. The minimum Gasteiger partial charge on any atom is -0.396 e. The van der Waals surface area contributed by atoms with Gasteiger partial charge in [-0.15, -0.1) is 0 Å². The molecule has 0 bridgehead atoms. The summed E-state index contributed by atoms with van der Waals surface area (Å²) in [4.78, 5) is 2.59. The number of rotatable bonds is 3. The summed E-state index contributed by atoms with van der Waals surface area (Å²) >= 11 is 0. The highest BCUT2D eigenvalue weighted by molar-refractivity contribution is 4.86. The van der Waals surface area contributed by atoms with Gasteiger partial charge in [0.25, 0.3) is 0 Å². The number of aliphatic hydroxyl groups is 1. The first-order chi connectivity index (χ1) is 7.35. The van der Waals surface area contributed by atoms with Crippen molar-refractivity contribution < 1.29 is 5.11 Å². The van der Waals surface area contributed by atoms with E-state index in [-0.39, 0.29) is 5.41 Å². The molecule has 1 aliphatic heterocycles. The molecule has 2 rings (SSSR count). The van der Waals surface area contributed by atoms with Crippen molar-refractivity contribution >= 4 is 0 Å². The Balaban J connectivity index is 1.87. The lowest BCUT2D eigenvalue weighted by Crippen LogP contribution is -2.43. The van der Waals surface area contributed by atoms with Crippen molar-refractivity contribution in [1.82, 2.24) is 4.90 Å². The van der Waals surface area contributed by atoms with Gasteiger partial charge in [-0.3, -0.25) is 0 Å². The Bertz CT molecular complexity index is 181. The minimum absolute atomic E-state index is 0.260. The van der Waals surface area contributed by atoms with Crippen molar-refractivity contribution in [3.8, 4) is 0 Å². The van der Waals surface area contributed by atoms with Crippen molar-refractivity contribution in [3.63, 3.8) is 0 Å². The molecular formula is C13H25NO. The monoisotopic (exact) mass is 211 g/mol. The molecule has 0 atom stereocenters. The molecule has 0 unspecified atom stereocenters. The standard InChI is InChI=1S/C13H25NO/c15-12-13(7-3-1-4-8-13)11-14-9-5-2-6-10-14/h15H,1-12H2. The van der Waals surface area contributed by atoms with Gasteiger partial charge in [-0.2, -0.15) is 0 Å². The van der Waals surface area contributed by atoms with Crippen LogP contribution in [0.2, 0.25) is 0 Å². The third kappa shape index (κ3) is 2.94. The fourth-order valence-electron chi connectivity index (χ4n) is 3.26. The van der Waals surface area contributed by atoms with Crippen molar-refractivity contribution in [1.29, 1.82) is 0 Å². The van der Waals surface area contributed by atoms with Crippen LogP contribution in [0.3, 0.4) is 0 Å². The second-order valence-corrected chi connectivity index (χ2v) is 5.56. The first kappa shape index (κ1) is 11.4. The first-order valence-corrected chi connectivity index (χ1v) is 6.68. The van der Waals surface area contributed by atoms with Crippen LogP contribution in [-0.4, -0.2) is 36.2 Å². The van der Waals surface area contributed by atoms with E-state index >= 15 is 0 Å². The third-order valence-electron chi connectivity index (χ3n) is 4.26. The van der Waals surface area contributed by atoms with E-state index in [2.05, 4.69) is 4.90 Å². The zero-order valence-electron chi connectivity index (χ0n) is 9.88. The van der Waals surface area contributed by atoms with Crippen LogP contribution in [0.15, 0.2) is 0 Å². The number of likely N-dealkylation sites (tertiary alicyclic amines) is 1. The summed E-state index contributed by atoms with van der Waals surface area (Å²) in [7, 11) is 0. The van der Waals surface area contributed by atoms with Gasteiger partial charge in [0.1, 0.15) is 0 Å². The average molecular weight is 211 g/mol. The predicted octanol–water partition coefficient (Wildman–Crippen LogP) is 2.42. The molecule has 1 heterocycles. The van der Waals surface area contributed by atoms with Gasteiger partial charge < -0.3 is 10.0 Å². The number of hydrogen-bond donors (Lipinski definition) is 1. The molecule has 1 saturated carbocycles. The second-order valence-electron chi connectivity index (χ2n) is 5.56. The van der Waals surface area contributed by atoms with E-state index in [9.17, 15) is 5.11 Å². The quantitative estimate of drug-likeness (QED) is 0.775. The highest BCUT2D eigenvalue weighted by Gasteiger charge is 2.33. The highest BCUT2D eigenvalue weighted by atomic mass is 16.3. The highest BCUT2D eigenvalue weighted by Crippen LogP contribution is 2.37. The topological polar surface area (TPSA) is 23.5 Å². The van der Waals surface area contributed by atoms with E-state index in [0.29, 0.717) is 6.61 Å². The summed E-state index contributed by atoms with van der Waals surface area (Å²) in [6.07, 6.45) is 10.7. The van der Waals surface area contributed by atoms with E-state index in [1.165, 1.54) is 64.5 Å². The van der Waals surface area contributed by atoms with Gasteiger partial charge in [0, 0.05) is 18.6 Å². The van der Waals surface area contributed by atoms with Crippen LogP contribution in [0.5, 0.6) is 0 Å². The van der Waals surface area contributed by atoms with Gasteiger partial charge in [-0.1, -0.05) is 25.7 Å². The lowest BCUT2D eigenvalue weighted by atomic mass is 9.74. The zero-order valence-corrected chi connectivity index (χ0v) is 9.88. The van der Waals surface area contributed by atoms with Crippen LogP contribution in [0.1, 0.15) is 51.4 Å². The Kier molecular flexibility index (Phi) is 4.04. The molecule has 2 aliphatic rings. The molecular weight excluding hydrogens is 186 g/mol. The van der Waals surface area contributed by atoms with E-state index in [4.69, 9.17) is 0 Å². The van der Waals surface area contributed by atoms with E-state index < -0.39 is 0 Å². The predicted molar refractivity (Wildman–Crippen MR) is 62.9 cm³/mol. The molecule has 0 aromatic rings. The van der Waals surface area contributed by atoms with Crippen LogP contribution in [0.4, 0.5) is 0 Å². The average Bonchev–Trinajstić information content (AvgIpc) is 2.32. The van der Waals surface area contributed by atoms with Crippen molar-refractivity contribution in [3.05, 3.63) is 0 Å². The van der Waals surface area contributed by atoms with Crippen LogP contribution < -0.4 is 0 Å². The Labute approximate surface area is 93.7 Å². The maximum absolute atomic E-state index is 9.65. The van der Waals surface area contributed by atoms with Gasteiger partial charge in [-0.05, 0) is 38.8 Å². The summed E-state index contributed by atoms with van der Waals surface area (Å²) in [5.41, 5.74) is 0.260. The Hall–Kier alpha value is -0.0800. The van der Waals surface area contributed by atoms with Crippen LogP contribution >= 0.6 is 0 Å². The van der Waals surface area contributed by atoms with Crippen LogP contribution in [0.25, 0.3) is 0 Å². The second kappa shape index (κ2) is 5.31. The third-order valence-corrected chi connectivity index (χ3v) is 4.26. The van der Waals surface area contributed by atoms with Crippen molar-refractivity contribution in [2.24, 2.45) is 5.41 Å². The molecule has 88 valence electrons. The Morgan fingerprint density at radius 3 is 2.07 bits per heavy atom. The molecule has 2 fully saturated rings. The molecule has 1 saturated heterocycles. The summed E-state index contributed by atoms with van der Waals surface area (Å²) in [5, 5.41) is 9.65. The maximum atomic E-state index is 9.65. The fourth-order valence-corrected chi connectivity index (χ4v) is 3.26. The molecule has 2 nitrogen and oxygen atoms in total. The number of aliphatic hydroxyl groups excluding tert-OH is 1. The lowest BCUT2D eigenvalue weighted by molar-refractivity contribution is 0.0343. The smallest absolute Gasteiger partial charge is 0.0499 e. The molecule has 0 spiro atoms. The molecule has 0 radical (unpaired) electrons. The van der Waals surface area contributed by atoms with E-state index in [1.54, 1.807) is 0 Å². The maximum Gasteiger partial charge on any atom is 0.0499 e. The van der Waals surface area contributed by atoms with Crippen LogP contribution in [-0.2, 0) is 0 Å². The number of hydrogen-bond acceptors (Lipinski definition) is 2. The molecule has 0 aromatic carbocycles. The van der Waals surface area contributed by atoms with Crippen molar-refractivity contribution in [2.75, 3.05) is 26.2 Å². The number of nitrogens with zero attached hydrogens (tertiary/aromatic N) is 1. The normalized spacial score (nSPS) is 27.8. The molecule has 1 N–H and O–H groups in total. The molecule has 0 amide bonds. The Morgan fingerprint density at radius 2 is 1.47 bits per heavy atom.